The van der Waals surface area contributed by atoms with Crippen LogP contribution >= 0.6 is 0 Å². The zero-order valence-corrected chi connectivity index (χ0v) is 12.3. The van der Waals surface area contributed by atoms with Crippen molar-refractivity contribution in [1.29, 1.82) is 0 Å². The predicted molar refractivity (Wildman–Crippen MR) is 78.8 cm³/mol. The van der Waals surface area contributed by atoms with Crippen molar-refractivity contribution in [3.8, 4) is 12.3 Å². The SMILES string of the molecule is C#CCC(NC(=O)N1CCN(C2CCCC2)CC1)C(=O)O. The Bertz CT molecular complexity index is 418. The molecule has 0 aromatic heterocycles. The van der Waals surface area contributed by atoms with Crippen LogP contribution in [0.4, 0.5) is 4.79 Å². The summed E-state index contributed by atoms with van der Waals surface area (Å²) in [6, 6.07) is -0.664. The van der Waals surface area contributed by atoms with Crippen LogP contribution in [-0.2, 0) is 4.79 Å². The fourth-order valence-corrected chi connectivity index (χ4v) is 3.12. The van der Waals surface area contributed by atoms with Crippen LogP contribution in [0.1, 0.15) is 32.1 Å². The van der Waals surface area contributed by atoms with E-state index in [0.717, 1.165) is 13.1 Å². The molecule has 6 heteroatoms. The molecule has 1 saturated heterocycles. The van der Waals surface area contributed by atoms with Crippen LogP contribution < -0.4 is 5.32 Å². The first kappa shape index (κ1) is 15.6. The predicted octanol–water partition coefficient (Wildman–Crippen LogP) is 0.733. The molecule has 1 aliphatic carbocycles. The normalized spacial score (nSPS) is 21.8. The van der Waals surface area contributed by atoms with Crippen LogP contribution in [0.5, 0.6) is 0 Å². The molecule has 1 aliphatic heterocycles. The molecule has 1 unspecified atom stereocenters. The van der Waals surface area contributed by atoms with E-state index < -0.39 is 12.0 Å². The second-order valence-corrected chi connectivity index (χ2v) is 5.71. The van der Waals surface area contributed by atoms with Crippen LogP contribution in [0.2, 0.25) is 0 Å². The van der Waals surface area contributed by atoms with E-state index in [1.54, 1.807) is 4.90 Å². The number of nitrogens with zero attached hydrogens (tertiary/aromatic N) is 2. The Balaban J connectivity index is 1.79. The van der Waals surface area contributed by atoms with Gasteiger partial charge in [-0.05, 0) is 12.8 Å². The van der Waals surface area contributed by atoms with E-state index in [1.807, 2.05) is 0 Å². The Morgan fingerprint density at radius 2 is 1.86 bits per heavy atom. The molecule has 2 rings (SSSR count). The van der Waals surface area contributed by atoms with Gasteiger partial charge in [0.25, 0.3) is 0 Å². The number of hydrogen-bond acceptors (Lipinski definition) is 3. The van der Waals surface area contributed by atoms with Crippen molar-refractivity contribution in [1.82, 2.24) is 15.1 Å². The van der Waals surface area contributed by atoms with Crippen molar-refractivity contribution >= 4 is 12.0 Å². The summed E-state index contributed by atoms with van der Waals surface area (Å²) in [6.45, 7) is 3.02. The third-order valence-corrected chi connectivity index (χ3v) is 4.36. The molecule has 116 valence electrons. The molecule has 0 radical (unpaired) electrons. The van der Waals surface area contributed by atoms with Gasteiger partial charge in [0.1, 0.15) is 6.04 Å². The van der Waals surface area contributed by atoms with E-state index in [1.165, 1.54) is 25.7 Å². The number of nitrogens with one attached hydrogen (secondary N) is 1. The third-order valence-electron chi connectivity index (χ3n) is 4.36. The summed E-state index contributed by atoms with van der Waals surface area (Å²) in [6.07, 6.45) is 10.3. The van der Waals surface area contributed by atoms with Gasteiger partial charge >= 0.3 is 12.0 Å². The monoisotopic (exact) mass is 293 g/mol. The van der Waals surface area contributed by atoms with Crippen LogP contribution in [0.3, 0.4) is 0 Å². The second kappa shape index (κ2) is 7.32. The summed E-state index contributed by atoms with van der Waals surface area (Å²) in [5.41, 5.74) is 0. The van der Waals surface area contributed by atoms with E-state index in [-0.39, 0.29) is 12.5 Å². The Labute approximate surface area is 125 Å². The lowest BCUT2D eigenvalue weighted by Crippen LogP contribution is -2.55. The lowest BCUT2D eigenvalue weighted by atomic mass is 10.2. The van der Waals surface area contributed by atoms with Crippen LogP contribution in [-0.4, -0.2) is 65.2 Å². The number of piperazine rings is 1. The van der Waals surface area contributed by atoms with Gasteiger partial charge in [-0.15, -0.1) is 12.3 Å². The highest BCUT2D eigenvalue weighted by atomic mass is 16.4. The minimum absolute atomic E-state index is 0.00309. The van der Waals surface area contributed by atoms with Crippen molar-refractivity contribution in [2.75, 3.05) is 26.2 Å². The number of amides is 2. The maximum Gasteiger partial charge on any atom is 0.327 e. The maximum absolute atomic E-state index is 12.1. The summed E-state index contributed by atoms with van der Waals surface area (Å²) in [5, 5.41) is 11.5. The molecule has 1 heterocycles. The first-order valence-electron chi connectivity index (χ1n) is 7.57. The van der Waals surface area contributed by atoms with Gasteiger partial charge in [0.05, 0.1) is 0 Å². The highest BCUT2D eigenvalue weighted by Crippen LogP contribution is 2.24. The largest absolute Gasteiger partial charge is 0.480 e. The fraction of sp³-hybridized carbons (Fsp3) is 0.733. The van der Waals surface area contributed by atoms with Gasteiger partial charge in [-0.2, -0.15) is 0 Å². The smallest absolute Gasteiger partial charge is 0.327 e. The number of rotatable bonds is 4. The van der Waals surface area contributed by atoms with Crippen LogP contribution in [0, 0.1) is 12.3 Å². The van der Waals surface area contributed by atoms with Gasteiger partial charge in [0.2, 0.25) is 0 Å². The Kier molecular flexibility index (Phi) is 5.45. The Morgan fingerprint density at radius 3 is 2.38 bits per heavy atom. The molecule has 21 heavy (non-hydrogen) atoms. The summed E-state index contributed by atoms with van der Waals surface area (Å²) in [4.78, 5) is 27.2. The van der Waals surface area contributed by atoms with E-state index >= 15 is 0 Å². The minimum Gasteiger partial charge on any atom is -0.480 e. The standard InChI is InChI=1S/C15H23N3O3/c1-2-5-13(14(19)20)16-15(21)18-10-8-17(9-11-18)12-6-3-4-7-12/h1,12-13H,3-11H2,(H,16,21)(H,19,20). The molecular formula is C15H23N3O3. The minimum atomic E-state index is -1.09. The quantitative estimate of drug-likeness (QED) is 0.750. The van der Waals surface area contributed by atoms with E-state index in [2.05, 4.69) is 16.1 Å². The Hall–Kier alpha value is -1.74. The Morgan fingerprint density at radius 1 is 1.24 bits per heavy atom. The van der Waals surface area contributed by atoms with Gasteiger partial charge in [-0.3, -0.25) is 4.90 Å². The molecule has 2 amide bonds. The van der Waals surface area contributed by atoms with Crippen molar-refractivity contribution in [2.24, 2.45) is 0 Å². The molecule has 0 aromatic rings. The molecule has 6 nitrogen and oxygen atoms in total. The van der Waals surface area contributed by atoms with Crippen LogP contribution in [0.25, 0.3) is 0 Å². The van der Waals surface area contributed by atoms with E-state index in [9.17, 15) is 9.59 Å². The lowest BCUT2D eigenvalue weighted by Gasteiger charge is -2.38. The lowest BCUT2D eigenvalue weighted by molar-refractivity contribution is -0.139. The number of aliphatic carboxylic acids is 1. The van der Waals surface area contributed by atoms with Crippen LogP contribution in [0.15, 0.2) is 0 Å². The van der Waals surface area contributed by atoms with Gasteiger partial charge < -0.3 is 15.3 Å². The van der Waals surface area contributed by atoms with E-state index in [0.29, 0.717) is 19.1 Å². The number of hydrogen-bond donors (Lipinski definition) is 2. The zero-order chi connectivity index (χ0) is 15.2. The van der Waals surface area contributed by atoms with Gasteiger partial charge in [-0.1, -0.05) is 12.8 Å². The van der Waals surface area contributed by atoms with Crippen molar-refractivity contribution < 1.29 is 14.7 Å². The first-order valence-corrected chi connectivity index (χ1v) is 7.57. The summed E-state index contributed by atoms with van der Waals surface area (Å²) < 4.78 is 0. The number of carboxylic acid groups (broad SMARTS) is 1. The van der Waals surface area contributed by atoms with Crippen molar-refractivity contribution in [3.05, 3.63) is 0 Å². The summed E-state index contributed by atoms with van der Waals surface area (Å²) in [5.74, 6) is 1.19. The zero-order valence-electron chi connectivity index (χ0n) is 12.3. The van der Waals surface area contributed by atoms with Gasteiger partial charge in [0, 0.05) is 38.6 Å². The molecule has 2 fully saturated rings. The summed E-state index contributed by atoms with van der Waals surface area (Å²) in [7, 11) is 0. The van der Waals surface area contributed by atoms with Crippen molar-refractivity contribution in [2.45, 2.75) is 44.2 Å². The molecule has 1 atom stereocenters. The molecule has 0 spiro atoms. The topological polar surface area (TPSA) is 72.9 Å². The van der Waals surface area contributed by atoms with E-state index in [4.69, 9.17) is 11.5 Å². The number of carbonyl (C=O) groups excluding carboxylic acids is 1. The van der Waals surface area contributed by atoms with Gasteiger partial charge in [0.15, 0.2) is 0 Å². The molecular weight excluding hydrogens is 270 g/mol. The molecule has 2 N–H and O–H groups in total. The molecule has 2 aliphatic rings. The number of urea groups is 1. The third kappa shape index (κ3) is 4.11. The van der Waals surface area contributed by atoms with Crippen molar-refractivity contribution in [3.63, 3.8) is 0 Å². The number of carbonyl (C=O) groups is 2. The summed E-state index contributed by atoms with van der Waals surface area (Å²) >= 11 is 0. The molecule has 1 saturated carbocycles. The first-order chi connectivity index (χ1) is 10.1. The average Bonchev–Trinajstić information content (AvgIpc) is 3.01. The average molecular weight is 293 g/mol. The maximum atomic E-state index is 12.1. The molecule has 0 aromatic carbocycles. The second-order valence-electron chi connectivity index (χ2n) is 5.71. The number of carboxylic acids is 1. The molecule has 0 bridgehead atoms. The van der Waals surface area contributed by atoms with Gasteiger partial charge in [-0.25, -0.2) is 9.59 Å². The highest BCUT2D eigenvalue weighted by Gasteiger charge is 2.29. The fourth-order valence-electron chi connectivity index (χ4n) is 3.12. The number of terminal acetylenes is 1. The highest BCUT2D eigenvalue weighted by molar-refractivity contribution is 5.82.